The first-order chi connectivity index (χ1) is 14.0. The van der Waals surface area contributed by atoms with Gasteiger partial charge in [0, 0.05) is 11.8 Å². The van der Waals surface area contributed by atoms with Gasteiger partial charge in [-0.3, -0.25) is 9.78 Å². The zero-order valence-electron chi connectivity index (χ0n) is 15.6. The molecular formula is C21H21F2N3O3. The molecule has 4 rings (SSSR count). The van der Waals surface area contributed by atoms with Crippen LogP contribution in [0.2, 0.25) is 0 Å². The Balaban J connectivity index is 1.62. The van der Waals surface area contributed by atoms with Crippen LogP contribution in [0.3, 0.4) is 0 Å². The lowest BCUT2D eigenvalue weighted by Gasteiger charge is -2.31. The molecule has 0 spiro atoms. The van der Waals surface area contributed by atoms with E-state index in [9.17, 15) is 18.7 Å². The van der Waals surface area contributed by atoms with Gasteiger partial charge in [-0.15, -0.1) is 0 Å². The summed E-state index contributed by atoms with van der Waals surface area (Å²) in [6.07, 6.45) is 6.47. The Kier molecular flexibility index (Phi) is 5.44. The van der Waals surface area contributed by atoms with Gasteiger partial charge in [-0.1, -0.05) is 18.9 Å². The number of para-hydroxylation sites is 1. The predicted molar refractivity (Wildman–Crippen MR) is 102 cm³/mol. The van der Waals surface area contributed by atoms with Crippen molar-refractivity contribution < 1.29 is 23.4 Å². The van der Waals surface area contributed by atoms with E-state index in [4.69, 9.17) is 4.74 Å². The van der Waals surface area contributed by atoms with E-state index in [1.807, 2.05) is 0 Å². The maximum absolute atomic E-state index is 14.4. The molecule has 6 nitrogen and oxygen atoms in total. The number of benzene rings is 1. The second-order valence-corrected chi connectivity index (χ2v) is 7.21. The summed E-state index contributed by atoms with van der Waals surface area (Å²) < 4.78 is 34.0. The van der Waals surface area contributed by atoms with Crippen molar-refractivity contribution in [3.8, 4) is 5.75 Å². The fourth-order valence-corrected chi connectivity index (χ4v) is 3.64. The van der Waals surface area contributed by atoms with Crippen molar-refractivity contribution in [3.05, 3.63) is 65.8 Å². The number of aliphatic hydroxyl groups excluding tert-OH is 1. The first kappa shape index (κ1) is 19.3. The van der Waals surface area contributed by atoms with E-state index < -0.39 is 23.6 Å². The monoisotopic (exact) mass is 401 g/mol. The van der Waals surface area contributed by atoms with Crippen LogP contribution < -0.4 is 15.0 Å². The van der Waals surface area contributed by atoms with Crippen molar-refractivity contribution in [1.29, 1.82) is 0 Å². The highest BCUT2D eigenvalue weighted by Gasteiger charge is 2.30. The van der Waals surface area contributed by atoms with Gasteiger partial charge in [0.25, 0.3) is 5.91 Å². The predicted octanol–water partition coefficient (Wildman–Crippen LogP) is 3.02. The standard InChI is InChI=1S/C21H21F2N3O3/c22-14-4-3-6-17-20(14)29-19(21(28)25-16-5-1-2-7-18(16)27)12-26(17)11-13-8-9-24-10-15(13)23/h3-4,6,8-10,12,16,18,27H,1-2,5,7,11H2,(H,25,28)/t16-,18-/m0/s1. The molecule has 1 aromatic carbocycles. The summed E-state index contributed by atoms with van der Waals surface area (Å²) >= 11 is 0. The third kappa shape index (κ3) is 4.07. The number of nitrogens with one attached hydrogen (secondary N) is 1. The minimum atomic E-state index is -0.626. The number of hydrogen-bond donors (Lipinski definition) is 2. The quantitative estimate of drug-likeness (QED) is 0.824. The van der Waals surface area contributed by atoms with Gasteiger partial charge < -0.3 is 20.1 Å². The highest BCUT2D eigenvalue weighted by molar-refractivity contribution is 5.93. The Morgan fingerprint density at radius 2 is 2.07 bits per heavy atom. The molecule has 2 atom stereocenters. The lowest BCUT2D eigenvalue weighted by molar-refractivity contribution is -0.121. The van der Waals surface area contributed by atoms with Gasteiger partial charge in [0.1, 0.15) is 5.82 Å². The van der Waals surface area contributed by atoms with E-state index in [-0.39, 0.29) is 24.1 Å². The number of carbonyl (C=O) groups excluding carboxylic acids is 1. The molecule has 0 bridgehead atoms. The number of hydrogen-bond acceptors (Lipinski definition) is 5. The van der Waals surface area contributed by atoms with Crippen LogP contribution in [0.15, 0.2) is 48.6 Å². The molecule has 1 fully saturated rings. The van der Waals surface area contributed by atoms with Crippen LogP contribution in [0.5, 0.6) is 5.75 Å². The molecule has 1 saturated carbocycles. The van der Waals surface area contributed by atoms with Crippen molar-refractivity contribution in [3.63, 3.8) is 0 Å². The summed E-state index contributed by atoms with van der Waals surface area (Å²) in [6, 6.07) is 5.53. The fourth-order valence-electron chi connectivity index (χ4n) is 3.64. The average molecular weight is 401 g/mol. The maximum atomic E-state index is 14.4. The van der Waals surface area contributed by atoms with Gasteiger partial charge in [-0.2, -0.15) is 0 Å². The average Bonchev–Trinajstić information content (AvgIpc) is 2.72. The van der Waals surface area contributed by atoms with Crippen molar-refractivity contribution in [1.82, 2.24) is 10.3 Å². The third-order valence-corrected chi connectivity index (χ3v) is 5.21. The second-order valence-electron chi connectivity index (χ2n) is 7.21. The Bertz CT molecular complexity index is 951. The van der Waals surface area contributed by atoms with E-state index in [1.165, 1.54) is 30.6 Å². The zero-order valence-corrected chi connectivity index (χ0v) is 15.6. The normalized spacial score (nSPS) is 21.1. The number of fused-ring (bicyclic) bond motifs is 1. The van der Waals surface area contributed by atoms with Gasteiger partial charge >= 0.3 is 0 Å². The van der Waals surface area contributed by atoms with Crippen LogP contribution >= 0.6 is 0 Å². The molecule has 2 heterocycles. The number of nitrogens with zero attached hydrogens (tertiary/aromatic N) is 2. The van der Waals surface area contributed by atoms with Crippen LogP contribution in [-0.2, 0) is 11.3 Å². The lowest BCUT2D eigenvalue weighted by atomic mass is 9.92. The van der Waals surface area contributed by atoms with Crippen molar-refractivity contribution in [2.24, 2.45) is 0 Å². The summed E-state index contributed by atoms with van der Waals surface area (Å²) in [5, 5.41) is 12.9. The van der Waals surface area contributed by atoms with Gasteiger partial charge in [0.05, 0.1) is 36.8 Å². The molecule has 1 amide bonds. The molecule has 0 saturated heterocycles. The van der Waals surface area contributed by atoms with Crippen LogP contribution in [0.4, 0.5) is 14.5 Å². The molecule has 1 aliphatic carbocycles. The fraction of sp³-hybridized carbons (Fsp3) is 0.333. The number of anilines is 1. The largest absolute Gasteiger partial charge is 0.445 e. The SMILES string of the molecule is O=C(N[C@H]1CCCC[C@@H]1O)C1=CN(Cc2ccncc2F)c2cccc(F)c2O1. The number of ether oxygens (including phenoxy) is 1. The Hall–Kier alpha value is -3.00. The van der Waals surface area contributed by atoms with Crippen LogP contribution in [0.1, 0.15) is 31.2 Å². The smallest absolute Gasteiger partial charge is 0.288 e. The molecule has 2 aliphatic rings. The summed E-state index contributed by atoms with van der Waals surface area (Å²) in [6.45, 7) is 0.0665. The number of amides is 1. The Morgan fingerprint density at radius 1 is 1.24 bits per heavy atom. The van der Waals surface area contributed by atoms with Gasteiger partial charge in [-0.25, -0.2) is 8.78 Å². The topological polar surface area (TPSA) is 74.7 Å². The van der Waals surface area contributed by atoms with Crippen LogP contribution in [0, 0.1) is 11.6 Å². The van der Waals surface area contributed by atoms with Gasteiger partial charge in [0.15, 0.2) is 11.6 Å². The number of carbonyl (C=O) groups is 1. The summed E-state index contributed by atoms with van der Waals surface area (Å²) in [5.41, 5.74) is 0.728. The van der Waals surface area contributed by atoms with Crippen LogP contribution in [-0.4, -0.2) is 28.1 Å². The summed E-state index contributed by atoms with van der Waals surface area (Å²) in [5.74, 6) is -1.89. The van der Waals surface area contributed by atoms with E-state index >= 15 is 0 Å². The van der Waals surface area contributed by atoms with Gasteiger partial charge in [-0.05, 0) is 31.0 Å². The van der Waals surface area contributed by atoms with E-state index in [0.29, 0.717) is 24.1 Å². The second kappa shape index (κ2) is 8.16. The van der Waals surface area contributed by atoms with Crippen LogP contribution in [0.25, 0.3) is 0 Å². The molecule has 29 heavy (non-hydrogen) atoms. The first-order valence-electron chi connectivity index (χ1n) is 9.55. The number of aromatic nitrogens is 1. The molecule has 0 unspecified atom stereocenters. The van der Waals surface area contributed by atoms with Crippen molar-refractivity contribution in [2.75, 3.05) is 4.90 Å². The van der Waals surface area contributed by atoms with Crippen molar-refractivity contribution in [2.45, 2.75) is 44.4 Å². The first-order valence-corrected chi connectivity index (χ1v) is 9.55. The highest BCUT2D eigenvalue weighted by Crippen LogP contribution is 2.37. The summed E-state index contributed by atoms with van der Waals surface area (Å²) in [4.78, 5) is 18.0. The van der Waals surface area contributed by atoms with Gasteiger partial charge in [0.2, 0.25) is 5.76 Å². The summed E-state index contributed by atoms with van der Waals surface area (Å²) in [7, 11) is 0. The third-order valence-electron chi connectivity index (χ3n) is 5.21. The Morgan fingerprint density at radius 3 is 2.86 bits per heavy atom. The number of rotatable bonds is 4. The zero-order chi connectivity index (χ0) is 20.4. The molecule has 8 heteroatoms. The molecule has 2 N–H and O–H groups in total. The maximum Gasteiger partial charge on any atom is 0.288 e. The minimum absolute atomic E-state index is 0.0665. The molecule has 152 valence electrons. The molecule has 1 aliphatic heterocycles. The molecule has 2 aromatic rings. The molecule has 1 aromatic heterocycles. The minimum Gasteiger partial charge on any atom is -0.445 e. The molecule has 0 radical (unpaired) electrons. The van der Waals surface area contributed by atoms with Crippen molar-refractivity contribution >= 4 is 11.6 Å². The number of aliphatic hydroxyl groups is 1. The molecular weight excluding hydrogens is 380 g/mol. The van der Waals surface area contributed by atoms with E-state index in [2.05, 4.69) is 10.3 Å². The lowest BCUT2D eigenvalue weighted by Crippen LogP contribution is -2.46. The van der Waals surface area contributed by atoms with E-state index in [1.54, 1.807) is 11.0 Å². The number of pyridine rings is 1. The number of halogens is 2. The Labute approximate surface area is 166 Å². The van der Waals surface area contributed by atoms with E-state index in [0.717, 1.165) is 19.0 Å². The highest BCUT2D eigenvalue weighted by atomic mass is 19.1.